The van der Waals surface area contributed by atoms with Gasteiger partial charge in [-0.15, -0.1) is 0 Å². The van der Waals surface area contributed by atoms with Gasteiger partial charge in [0.05, 0.1) is 0 Å². The molecule has 2 aliphatic heterocycles. The maximum Gasteiger partial charge on any atom is 0.123 e. The van der Waals surface area contributed by atoms with Crippen LogP contribution in [0.15, 0.2) is 24.3 Å². The minimum absolute atomic E-state index is 0.340. The summed E-state index contributed by atoms with van der Waals surface area (Å²) in [6.07, 6.45) is 5.17. The van der Waals surface area contributed by atoms with Crippen molar-refractivity contribution < 1.29 is 4.74 Å². The SMILES string of the molecule is N[C@@H]1CCN(Cc2ccccc2OCCN2CCCCC2)C1. The van der Waals surface area contributed by atoms with Crippen molar-refractivity contribution in [2.75, 3.05) is 39.3 Å². The van der Waals surface area contributed by atoms with Crippen LogP contribution in [0, 0.1) is 0 Å². The molecule has 0 amide bonds. The maximum atomic E-state index is 6.08. The highest BCUT2D eigenvalue weighted by atomic mass is 16.5. The molecular formula is C18H29N3O. The first kappa shape index (κ1) is 15.8. The lowest BCUT2D eigenvalue weighted by Gasteiger charge is -2.26. The van der Waals surface area contributed by atoms with Crippen LogP contribution in [0.4, 0.5) is 0 Å². The molecule has 2 N–H and O–H groups in total. The van der Waals surface area contributed by atoms with Crippen LogP contribution in [0.2, 0.25) is 0 Å². The molecule has 0 bridgehead atoms. The van der Waals surface area contributed by atoms with Gasteiger partial charge >= 0.3 is 0 Å². The minimum atomic E-state index is 0.340. The predicted octanol–water partition coefficient (Wildman–Crippen LogP) is 2.08. The molecule has 0 aliphatic carbocycles. The zero-order chi connectivity index (χ0) is 15.2. The van der Waals surface area contributed by atoms with E-state index in [1.54, 1.807) is 0 Å². The summed E-state index contributed by atoms with van der Waals surface area (Å²) >= 11 is 0. The van der Waals surface area contributed by atoms with E-state index in [0.717, 1.165) is 45.0 Å². The van der Waals surface area contributed by atoms with Crippen LogP contribution < -0.4 is 10.5 Å². The van der Waals surface area contributed by atoms with Crippen LogP contribution in [-0.2, 0) is 6.54 Å². The molecular weight excluding hydrogens is 274 g/mol. The van der Waals surface area contributed by atoms with Crippen molar-refractivity contribution in [2.24, 2.45) is 5.73 Å². The van der Waals surface area contributed by atoms with Gasteiger partial charge in [0, 0.05) is 37.8 Å². The Morgan fingerprint density at radius 1 is 1.05 bits per heavy atom. The molecule has 0 radical (unpaired) electrons. The number of hydrogen-bond donors (Lipinski definition) is 1. The number of nitrogens with zero attached hydrogens (tertiary/aromatic N) is 2. The Kier molecular flexibility index (Phi) is 5.70. The zero-order valence-electron chi connectivity index (χ0n) is 13.5. The summed E-state index contributed by atoms with van der Waals surface area (Å²) in [5.74, 6) is 1.04. The fraction of sp³-hybridized carbons (Fsp3) is 0.667. The molecule has 2 fully saturated rings. The Morgan fingerprint density at radius 2 is 1.86 bits per heavy atom. The quantitative estimate of drug-likeness (QED) is 0.874. The summed E-state index contributed by atoms with van der Waals surface area (Å²) in [5.41, 5.74) is 7.29. The first-order chi connectivity index (χ1) is 10.8. The molecule has 1 aromatic carbocycles. The Morgan fingerprint density at radius 3 is 2.64 bits per heavy atom. The second-order valence-electron chi connectivity index (χ2n) is 6.64. The lowest BCUT2D eigenvalue weighted by Crippen LogP contribution is -2.33. The van der Waals surface area contributed by atoms with Gasteiger partial charge in [0.1, 0.15) is 12.4 Å². The van der Waals surface area contributed by atoms with Gasteiger partial charge in [0.15, 0.2) is 0 Å². The highest BCUT2D eigenvalue weighted by Gasteiger charge is 2.20. The van der Waals surface area contributed by atoms with Crippen molar-refractivity contribution in [1.29, 1.82) is 0 Å². The van der Waals surface area contributed by atoms with E-state index >= 15 is 0 Å². The van der Waals surface area contributed by atoms with Crippen molar-refractivity contribution in [3.63, 3.8) is 0 Å². The highest BCUT2D eigenvalue weighted by molar-refractivity contribution is 5.33. The number of para-hydroxylation sites is 1. The first-order valence-electron chi connectivity index (χ1n) is 8.72. The van der Waals surface area contributed by atoms with Gasteiger partial charge in [-0.1, -0.05) is 24.6 Å². The summed E-state index contributed by atoms with van der Waals surface area (Å²) in [6.45, 7) is 7.35. The van der Waals surface area contributed by atoms with E-state index in [0.29, 0.717) is 6.04 Å². The van der Waals surface area contributed by atoms with Crippen LogP contribution in [0.25, 0.3) is 0 Å². The molecule has 1 aromatic rings. The van der Waals surface area contributed by atoms with Crippen molar-refractivity contribution in [2.45, 2.75) is 38.3 Å². The van der Waals surface area contributed by atoms with E-state index in [4.69, 9.17) is 10.5 Å². The predicted molar refractivity (Wildman–Crippen MR) is 90.1 cm³/mol. The monoisotopic (exact) mass is 303 g/mol. The topological polar surface area (TPSA) is 41.7 Å². The molecule has 1 atom stereocenters. The van der Waals surface area contributed by atoms with Gasteiger partial charge in [0.25, 0.3) is 0 Å². The maximum absolute atomic E-state index is 6.08. The molecule has 0 unspecified atom stereocenters. The summed E-state index contributed by atoms with van der Waals surface area (Å²) in [5, 5.41) is 0. The zero-order valence-corrected chi connectivity index (χ0v) is 13.5. The molecule has 2 heterocycles. The number of benzene rings is 1. The Balaban J connectivity index is 1.50. The summed E-state index contributed by atoms with van der Waals surface area (Å²) in [6, 6.07) is 8.78. The number of likely N-dealkylation sites (tertiary alicyclic amines) is 2. The normalized spacial score (nSPS) is 23.8. The molecule has 4 nitrogen and oxygen atoms in total. The van der Waals surface area contributed by atoms with Crippen molar-refractivity contribution in [3.05, 3.63) is 29.8 Å². The first-order valence-corrected chi connectivity index (χ1v) is 8.72. The smallest absolute Gasteiger partial charge is 0.123 e. The third kappa shape index (κ3) is 4.45. The number of piperidine rings is 1. The molecule has 0 spiro atoms. The molecule has 122 valence electrons. The lowest BCUT2D eigenvalue weighted by atomic mass is 10.1. The van der Waals surface area contributed by atoms with E-state index in [2.05, 4.69) is 34.1 Å². The van der Waals surface area contributed by atoms with Crippen LogP contribution in [-0.4, -0.2) is 55.2 Å². The van der Waals surface area contributed by atoms with Crippen molar-refractivity contribution >= 4 is 0 Å². The number of hydrogen-bond acceptors (Lipinski definition) is 4. The highest BCUT2D eigenvalue weighted by Crippen LogP contribution is 2.22. The molecule has 2 saturated heterocycles. The average Bonchev–Trinajstić information content (AvgIpc) is 2.95. The van der Waals surface area contributed by atoms with Crippen molar-refractivity contribution in [3.8, 4) is 5.75 Å². The van der Waals surface area contributed by atoms with Gasteiger partial charge in [-0.25, -0.2) is 0 Å². The van der Waals surface area contributed by atoms with E-state index in [-0.39, 0.29) is 0 Å². The van der Waals surface area contributed by atoms with Gasteiger partial charge in [-0.05, 0) is 38.4 Å². The largest absolute Gasteiger partial charge is 0.492 e. The standard InChI is InChI=1S/C18H29N3O/c19-17-8-11-21(15-17)14-16-6-2-3-7-18(16)22-13-12-20-9-4-1-5-10-20/h2-3,6-7,17H,1,4-5,8-15,19H2/t17-/m1/s1. The summed E-state index contributed by atoms with van der Waals surface area (Å²) < 4.78 is 6.08. The van der Waals surface area contributed by atoms with Crippen LogP contribution in [0.5, 0.6) is 5.75 Å². The molecule has 2 aliphatic rings. The molecule has 22 heavy (non-hydrogen) atoms. The average molecular weight is 303 g/mol. The number of ether oxygens (including phenoxy) is 1. The van der Waals surface area contributed by atoms with Gasteiger partial charge in [0.2, 0.25) is 0 Å². The Bertz CT molecular complexity index is 459. The van der Waals surface area contributed by atoms with Crippen molar-refractivity contribution in [1.82, 2.24) is 9.80 Å². The van der Waals surface area contributed by atoms with Crippen LogP contribution in [0.3, 0.4) is 0 Å². The second-order valence-corrected chi connectivity index (χ2v) is 6.64. The van der Waals surface area contributed by atoms with Gasteiger partial charge in [-0.2, -0.15) is 0 Å². The lowest BCUT2D eigenvalue weighted by molar-refractivity contribution is 0.181. The minimum Gasteiger partial charge on any atom is -0.492 e. The van der Waals surface area contributed by atoms with Crippen LogP contribution in [0.1, 0.15) is 31.2 Å². The molecule has 0 aromatic heterocycles. The van der Waals surface area contributed by atoms with E-state index in [1.807, 2.05) is 0 Å². The second kappa shape index (κ2) is 7.95. The number of nitrogens with two attached hydrogens (primary N) is 1. The summed E-state index contributed by atoms with van der Waals surface area (Å²) in [7, 11) is 0. The molecule has 4 heteroatoms. The van der Waals surface area contributed by atoms with Crippen LogP contribution >= 0.6 is 0 Å². The number of rotatable bonds is 6. The molecule has 0 saturated carbocycles. The van der Waals surface area contributed by atoms with Gasteiger partial charge < -0.3 is 10.5 Å². The summed E-state index contributed by atoms with van der Waals surface area (Å²) in [4.78, 5) is 4.95. The van der Waals surface area contributed by atoms with E-state index in [1.165, 1.54) is 37.9 Å². The van der Waals surface area contributed by atoms with E-state index < -0.39 is 0 Å². The fourth-order valence-electron chi connectivity index (χ4n) is 3.49. The van der Waals surface area contributed by atoms with Gasteiger partial charge in [-0.3, -0.25) is 9.80 Å². The Labute approximate surface area is 134 Å². The third-order valence-corrected chi connectivity index (χ3v) is 4.79. The Hall–Kier alpha value is -1.10. The third-order valence-electron chi connectivity index (χ3n) is 4.79. The fourth-order valence-corrected chi connectivity index (χ4v) is 3.49. The molecule has 3 rings (SSSR count). The van der Waals surface area contributed by atoms with E-state index in [9.17, 15) is 0 Å².